The number of benzene rings is 1. The highest BCUT2D eigenvalue weighted by Crippen LogP contribution is 2.17. The van der Waals surface area contributed by atoms with Gasteiger partial charge in [-0.2, -0.15) is 0 Å². The van der Waals surface area contributed by atoms with E-state index < -0.39 is 15.7 Å². The van der Waals surface area contributed by atoms with E-state index >= 15 is 0 Å². The Morgan fingerprint density at radius 3 is 2.45 bits per heavy atom. The van der Waals surface area contributed by atoms with E-state index in [1.165, 1.54) is 12.1 Å². The molecule has 0 fully saturated rings. The molecule has 2 atom stereocenters. The van der Waals surface area contributed by atoms with Crippen LogP contribution in [-0.4, -0.2) is 37.8 Å². The fourth-order valence-corrected chi connectivity index (χ4v) is 2.76. The van der Waals surface area contributed by atoms with Crippen LogP contribution in [0.15, 0.2) is 29.2 Å². The highest BCUT2D eigenvalue weighted by molar-refractivity contribution is 7.91. The van der Waals surface area contributed by atoms with Crippen molar-refractivity contribution < 1.29 is 18.3 Å². The van der Waals surface area contributed by atoms with Gasteiger partial charge in [0.05, 0.1) is 16.2 Å². The maximum absolute atomic E-state index is 12.2. The largest absolute Gasteiger partial charge is 0.396 e. The standard InChI is InChI=1S/C14H21NO4S/c1-4-20(18,19)13-8-6-5-7-12(13)14(17)15-11(3)10(2)9-16/h5-8,10-11,16H,4,9H2,1-3H3,(H,15,17). The number of carbonyl (C=O) groups is 1. The van der Waals surface area contributed by atoms with E-state index in [9.17, 15) is 13.2 Å². The van der Waals surface area contributed by atoms with Crippen LogP contribution in [0.5, 0.6) is 0 Å². The van der Waals surface area contributed by atoms with Gasteiger partial charge in [-0.05, 0) is 25.0 Å². The van der Waals surface area contributed by atoms with Crippen LogP contribution in [-0.2, 0) is 9.84 Å². The Hall–Kier alpha value is -1.40. The van der Waals surface area contributed by atoms with Gasteiger partial charge in [-0.3, -0.25) is 4.79 Å². The molecule has 0 aliphatic rings. The summed E-state index contributed by atoms with van der Waals surface area (Å²) in [5, 5.41) is 11.8. The fraction of sp³-hybridized carbons (Fsp3) is 0.500. The quantitative estimate of drug-likeness (QED) is 0.827. The maximum Gasteiger partial charge on any atom is 0.252 e. The molecule has 0 aromatic heterocycles. The fourth-order valence-electron chi connectivity index (χ4n) is 1.67. The number of sulfone groups is 1. The van der Waals surface area contributed by atoms with Crippen molar-refractivity contribution in [3.05, 3.63) is 29.8 Å². The summed E-state index contributed by atoms with van der Waals surface area (Å²) in [7, 11) is -3.45. The molecule has 5 nitrogen and oxygen atoms in total. The van der Waals surface area contributed by atoms with E-state index in [4.69, 9.17) is 5.11 Å². The Morgan fingerprint density at radius 1 is 1.30 bits per heavy atom. The molecular weight excluding hydrogens is 278 g/mol. The molecule has 0 saturated carbocycles. The predicted octanol–water partition coefficient (Wildman–Crippen LogP) is 1.23. The average Bonchev–Trinajstić information content (AvgIpc) is 2.46. The Bertz CT molecular complexity index is 568. The summed E-state index contributed by atoms with van der Waals surface area (Å²) in [6.07, 6.45) is 0. The minimum Gasteiger partial charge on any atom is -0.396 e. The Morgan fingerprint density at radius 2 is 1.90 bits per heavy atom. The molecule has 0 bridgehead atoms. The Kier molecular flexibility index (Phi) is 5.71. The van der Waals surface area contributed by atoms with Crippen LogP contribution in [0.3, 0.4) is 0 Å². The highest BCUT2D eigenvalue weighted by Gasteiger charge is 2.22. The molecule has 0 aliphatic carbocycles. The number of aliphatic hydroxyl groups excluding tert-OH is 1. The second kappa shape index (κ2) is 6.85. The molecule has 0 saturated heterocycles. The lowest BCUT2D eigenvalue weighted by atomic mass is 10.0. The van der Waals surface area contributed by atoms with Crippen molar-refractivity contribution in [3.63, 3.8) is 0 Å². The molecule has 112 valence electrons. The van der Waals surface area contributed by atoms with Crippen molar-refractivity contribution in [2.45, 2.75) is 31.7 Å². The van der Waals surface area contributed by atoms with E-state index in [0.717, 1.165) is 0 Å². The molecule has 0 aliphatic heterocycles. The van der Waals surface area contributed by atoms with Gasteiger partial charge >= 0.3 is 0 Å². The van der Waals surface area contributed by atoms with E-state index in [1.54, 1.807) is 32.9 Å². The topological polar surface area (TPSA) is 83.5 Å². The van der Waals surface area contributed by atoms with Crippen LogP contribution < -0.4 is 5.32 Å². The first-order chi connectivity index (χ1) is 9.33. The molecule has 0 radical (unpaired) electrons. The molecule has 1 aromatic rings. The molecule has 0 heterocycles. The van der Waals surface area contributed by atoms with Gasteiger partial charge in [0, 0.05) is 12.6 Å². The van der Waals surface area contributed by atoms with Crippen molar-refractivity contribution in [3.8, 4) is 0 Å². The third-order valence-electron chi connectivity index (χ3n) is 3.35. The van der Waals surface area contributed by atoms with Gasteiger partial charge in [0.15, 0.2) is 9.84 Å². The van der Waals surface area contributed by atoms with Crippen LogP contribution in [0.1, 0.15) is 31.1 Å². The van der Waals surface area contributed by atoms with Gasteiger partial charge in [-0.1, -0.05) is 26.0 Å². The number of hydrogen-bond donors (Lipinski definition) is 2. The number of amides is 1. The molecule has 2 unspecified atom stereocenters. The third kappa shape index (κ3) is 3.80. The minimum atomic E-state index is -3.45. The van der Waals surface area contributed by atoms with E-state index in [1.807, 2.05) is 0 Å². The van der Waals surface area contributed by atoms with Crippen molar-refractivity contribution in [2.75, 3.05) is 12.4 Å². The number of carbonyl (C=O) groups excluding carboxylic acids is 1. The van der Waals surface area contributed by atoms with Crippen molar-refractivity contribution in [1.29, 1.82) is 0 Å². The van der Waals surface area contributed by atoms with Crippen molar-refractivity contribution >= 4 is 15.7 Å². The zero-order valence-electron chi connectivity index (χ0n) is 12.0. The Labute approximate surface area is 119 Å². The predicted molar refractivity (Wildman–Crippen MR) is 77.3 cm³/mol. The minimum absolute atomic E-state index is 0.0452. The second-order valence-corrected chi connectivity index (χ2v) is 7.07. The maximum atomic E-state index is 12.2. The van der Waals surface area contributed by atoms with Crippen LogP contribution in [0, 0.1) is 5.92 Å². The lowest BCUT2D eigenvalue weighted by Gasteiger charge is -2.20. The molecule has 20 heavy (non-hydrogen) atoms. The number of aliphatic hydroxyl groups is 1. The molecule has 6 heteroatoms. The molecule has 2 N–H and O–H groups in total. The summed E-state index contributed by atoms with van der Waals surface area (Å²) in [5.41, 5.74) is 0.145. The van der Waals surface area contributed by atoms with Crippen LogP contribution in [0.2, 0.25) is 0 Å². The number of rotatable bonds is 6. The first kappa shape index (κ1) is 16.7. The molecule has 1 rings (SSSR count). The van der Waals surface area contributed by atoms with Gasteiger partial charge in [0.1, 0.15) is 0 Å². The highest BCUT2D eigenvalue weighted by atomic mass is 32.2. The summed E-state index contributed by atoms with van der Waals surface area (Å²) in [6, 6.07) is 5.91. The first-order valence-corrected chi connectivity index (χ1v) is 8.22. The van der Waals surface area contributed by atoms with Crippen molar-refractivity contribution in [1.82, 2.24) is 5.32 Å². The number of hydrogen-bond acceptors (Lipinski definition) is 4. The summed E-state index contributed by atoms with van der Waals surface area (Å²) in [6.45, 7) is 5.08. The average molecular weight is 299 g/mol. The van der Waals surface area contributed by atoms with Gasteiger partial charge < -0.3 is 10.4 Å². The lowest BCUT2D eigenvalue weighted by molar-refractivity contribution is 0.0913. The second-order valence-electron chi connectivity index (χ2n) is 4.82. The van der Waals surface area contributed by atoms with Gasteiger partial charge in [-0.15, -0.1) is 0 Å². The summed E-state index contributed by atoms with van der Waals surface area (Å²) >= 11 is 0. The normalized spacial score (nSPS) is 14.6. The van der Waals surface area contributed by atoms with Gasteiger partial charge in [0.25, 0.3) is 5.91 Å². The van der Waals surface area contributed by atoms with Crippen LogP contribution in [0.4, 0.5) is 0 Å². The van der Waals surface area contributed by atoms with Crippen LogP contribution >= 0.6 is 0 Å². The zero-order chi connectivity index (χ0) is 15.3. The molecule has 0 spiro atoms. The third-order valence-corrected chi connectivity index (χ3v) is 5.13. The molecule has 1 amide bonds. The van der Waals surface area contributed by atoms with Crippen molar-refractivity contribution in [2.24, 2.45) is 5.92 Å². The first-order valence-electron chi connectivity index (χ1n) is 6.57. The zero-order valence-corrected chi connectivity index (χ0v) is 12.8. The summed E-state index contributed by atoms with van der Waals surface area (Å²) < 4.78 is 24.0. The molecular formula is C14H21NO4S. The number of nitrogens with one attached hydrogen (secondary N) is 1. The van der Waals surface area contributed by atoms with E-state index in [-0.39, 0.29) is 34.8 Å². The summed E-state index contributed by atoms with van der Waals surface area (Å²) in [5.74, 6) is -0.598. The SMILES string of the molecule is CCS(=O)(=O)c1ccccc1C(=O)NC(C)C(C)CO. The van der Waals surface area contributed by atoms with Gasteiger partial charge in [0.2, 0.25) is 0 Å². The molecule has 1 aromatic carbocycles. The lowest BCUT2D eigenvalue weighted by Crippen LogP contribution is -2.38. The Balaban J connectivity index is 3.06. The monoisotopic (exact) mass is 299 g/mol. The smallest absolute Gasteiger partial charge is 0.252 e. The van der Waals surface area contributed by atoms with E-state index in [0.29, 0.717) is 0 Å². The summed E-state index contributed by atoms with van der Waals surface area (Å²) in [4.78, 5) is 12.2. The van der Waals surface area contributed by atoms with Crippen LogP contribution in [0.25, 0.3) is 0 Å². The van der Waals surface area contributed by atoms with E-state index in [2.05, 4.69) is 5.32 Å². The van der Waals surface area contributed by atoms with Gasteiger partial charge in [-0.25, -0.2) is 8.42 Å².